The first-order valence-electron chi connectivity index (χ1n) is 6.65. The van der Waals surface area contributed by atoms with Gasteiger partial charge in [-0.05, 0) is 38.6 Å². The Morgan fingerprint density at radius 1 is 1.31 bits per heavy atom. The minimum atomic E-state index is -0.0226. The average molecular weight is 228 g/mol. The number of nitrogens with two attached hydrogens (primary N) is 1. The lowest BCUT2D eigenvalue weighted by molar-refractivity contribution is 0.0959. The molecule has 0 heterocycles. The molecule has 3 heteroatoms. The standard InChI is InChI=1S/C13H28N2O/c1-4-13(14,5-2)11-15(3)8-9-16-10-12-6-7-12/h12H,4-11,14H2,1-3H3. The van der Waals surface area contributed by atoms with Gasteiger partial charge in [-0.25, -0.2) is 0 Å². The van der Waals surface area contributed by atoms with Crippen molar-refractivity contribution in [1.82, 2.24) is 4.90 Å². The topological polar surface area (TPSA) is 38.5 Å². The summed E-state index contributed by atoms with van der Waals surface area (Å²) in [4.78, 5) is 2.29. The second-order valence-electron chi connectivity index (χ2n) is 5.33. The summed E-state index contributed by atoms with van der Waals surface area (Å²) in [5.74, 6) is 0.866. The first-order chi connectivity index (χ1) is 7.59. The molecule has 1 fully saturated rings. The van der Waals surface area contributed by atoms with E-state index in [1.54, 1.807) is 0 Å². The van der Waals surface area contributed by atoms with Gasteiger partial charge in [-0.15, -0.1) is 0 Å². The minimum Gasteiger partial charge on any atom is -0.380 e. The summed E-state index contributed by atoms with van der Waals surface area (Å²) in [6, 6.07) is 0. The highest BCUT2D eigenvalue weighted by atomic mass is 16.5. The zero-order chi connectivity index (χ0) is 12.0. The van der Waals surface area contributed by atoms with Crippen LogP contribution in [0.3, 0.4) is 0 Å². The predicted molar refractivity (Wildman–Crippen MR) is 68.5 cm³/mol. The van der Waals surface area contributed by atoms with Crippen LogP contribution < -0.4 is 5.73 Å². The lowest BCUT2D eigenvalue weighted by atomic mass is 9.94. The van der Waals surface area contributed by atoms with Gasteiger partial charge in [0, 0.05) is 25.2 Å². The van der Waals surface area contributed by atoms with Gasteiger partial charge >= 0.3 is 0 Å². The van der Waals surface area contributed by atoms with Gasteiger partial charge in [-0.1, -0.05) is 13.8 Å². The quantitative estimate of drug-likeness (QED) is 0.612. The van der Waals surface area contributed by atoms with Gasteiger partial charge < -0.3 is 15.4 Å². The van der Waals surface area contributed by atoms with Crippen LogP contribution in [0.5, 0.6) is 0 Å². The molecular weight excluding hydrogens is 200 g/mol. The summed E-state index contributed by atoms with van der Waals surface area (Å²) in [7, 11) is 2.13. The van der Waals surface area contributed by atoms with Crippen LogP contribution in [0, 0.1) is 5.92 Å². The van der Waals surface area contributed by atoms with E-state index in [9.17, 15) is 0 Å². The van der Waals surface area contributed by atoms with Crippen LogP contribution in [0.1, 0.15) is 39.5 Å². The van der Waals surface area contributed by atoms with Crippen molar-refractivity contribution in [3.8, 4) is 0 Å². The van der Waals surface area contributed by atoms with Crippen molar-refractivity contribution in [2.75, 3.05) is 33.4 Å². The molecule has 16 heavy (non-hydrogen) atoms. The predicted octanol–water partition coefficient (Wildman–Crippen LogP) is 1.86. The average Bonchev–Trinajstić information content (AvgIpc) is 3.08. The molecule has 3 nitrogen and oxygen atoms in total. The molecule has 1 rings (SSSR count). The third kappa shape index (κ3) is 5.28. The van der Waals surface area contributed by atoms with Gasteiger partial charge in [-0.2, -0.15) is 0 Å². The van der Waals surface area contributed by atoms with Gasteiger partial charge in [-0.3, -0.25) is 0 Å². The van der Waals surface area contributed by atoms with E-state index in [4.69, 9.17) is 10.5 Å². The van der Waals surface area contributed by atoms with Crippen molar-refractivity contribution in [2.45, 2.75) is 45.1 Å². The van der Waals surface area contributed by atoms with Crippen LogP contribution in [0.4, 0.5) is 0 Å². The summed E-state index contributed by atoms with van der Waals surface area (Å²) in [5.41, 5.74) is 6.25. The number of likely N-dealkylation sites (N-methyl/N-ethyl adjacent to an activating group) is 1. The fourth-order valence-electron chi connectivity index (χ4n) is 1.85. The second-order valence-corrected chi connectivity index (χ2v) is 5.33. The number of hydrogen-bond donors (Lipinski definition) is 1. The van der Waals surface area contributed by atoms with Crippen LogP contribution in [0.15, 0.2) is 0 Å². The summed E-state index contributed by atoms with van der Waals surface area (Å²) >= 11 is 0. The van der Waals surface area contributed by atoms with E-state index < -0.39 is 0 Å². The van der Waals surface area contributed by atoms with Crippen LogP contribution in [-0.2, 0) is 4.74 Å². The maximum absolute atomic E-state index is 6.28. The van der Waals surface area contributed by atoms with Crippen LogP contribution in [0.25, 0.3) is 0 Å². The Morgan fingerprint density at radius 2 is 1.94 bits per heavy atom. The van der Waals surface area contributed by atoms with Crippen molar-refractivity contribution in [3.63, 3.8) is 0 Å². The molecular formula is C13H28N2O. The van der Waals surface area contributed by atoms with E-state index in [1.165, 1.54) is 12.8 Å². The van der Waals surface area contributed by atoms with Crippen LogP contribution in [0.2, 0.25) is 0 Å². The normalized spacial score (nSPS) is 17.1. The van der Waals surface area contributed by atoms with Crippen LogP contribution >= 0.6 is 0 Å². The molecule has 0 aromatic rings. The molecule has 1 aliphatic rings. The highest BCUT2D eigenvalue weighted by molar-refractivity contribution is 4.83. The van der Waals surface area contributed by atoms with E-state index in [1.807, 2.05) is 0 Å². The smallest absolute Gasteiger partial charge is 0.0593 e. The largest absolute Gasteiger partial charge is 0.380 e. The molecule has 0 atom stereocenters. The number of nitrogens with zero attached hydrogens (tertiary/aromatic N) is 1. The van der Waals surface area contributed by atoms with Gasteiger partial charge in [0.2, 0.25) is 0 Å². The molecule has 0 saturated heterocycles. The fourth-order valence-corrected chi connectivity index (χ4v) is 1.85. The molecule has 0 radical (unpaired) electrons. The minimum absolute atomic E-state index is 0.0226. The summed E-state index contributed by atoms with van der Waals surface area (Å²) in [6.07, 6.45) is 4.81. The molecule has 96 valence electrons. The Labute approximate surface area is 100 Å². The zero-order valence-corrected chi connectivity index (χ0v) is 11.2. The first kappa shape index (κ1) is 13.9. The fraction of sp³-hybridized carbons (Fsp3) is 1.00. The Balaban J connectivity index is 2.05. The zero-order valence-electron chi connectivity index (χ0n) is 11.2. The number of hydrogen-bond acceptors (Lipinski definition) is 3. The van der Waals surface area contributed by atoms with Gasteiger partial charge in [0.1, 0.15) is 0 Å². The number of ether oxygens (including phenoxy) is 1. The maximum atomic E-state index is 6.28. The van der Waals surface area contributed by atoms with E-state index in [2.05, 4.69) is 25.8 Å². The molecule has 0 aromatic carbocycles. The van der Waals surface area contributed by atoms with Crippen molar-refractivity contribution >= 4 is 0 Å². The summed E-state index contributed by atoms with van der Waals surface area (Å²) in [6.45, 7) is 8.10. The third-order valence-corrected chi connectivity index (χ3v) is 3.66. The molecule has 2 N–H and O–H groups in total. The highest BCUT2D eigenvalue weighted by Crippen LogP contribution is 2.28. The SMILES string of the molecule is CCC(N)(CC)CN(C)CCOCC1CC1. The van der Waals surface area contributed by atoms with Crippen molar-refractivity contribution in [2.24, 2.45) is 11.7 Å². The number of rotatable bonds is 9. The molecule has 0 spiro atoms. The van der Waals surface area contributed by atoms with Gasteiger partial charge in [0.15, 0.2) is 0 Å². The lowest BCUT2D eigenvalue weighted by Crippen LogP contribution is -2.48. The van der Waals surface area contributed by atoms with E-state index >= 15 is 0 Å². The molecule has 1 saturated carbocycles. The maximum Gasteiger partial charge on any atom is 0.0593 e. The Kier molecular flexibility index (Phi) is 5.73. The molecule has 0 bridgehead atoms. The highest BCUT2D eigenvalue weighted by Gasteiger charge is 2.23. The van der Waals surface area contributed by atoms with E-state index in [0.29, 0.717) is 0 Å². The first-order valence-corrected chi connectivity index (χ1v) is 6.65. The lowest BCUT2D eigenvalue weighted by Gasteiger charge is -2.31. The van der Waals surface area contributed by atoms with Crippen molar-refractivity contribution < 1.29 is 4.74 Å². The van der Waals surface area contributed by atoms with Crippen molar-refractivity contribution in [3.05, 3.63) is 0 Å². The molecule has 0 aromatic heterocycles. The Bertz CT molecular complexity index is 188. The third-order valence-electron chi connectivity index (χ3n) is 3.66. The monoisotopic (exact) mass is 228 g/mol. The molecule has 0 unspecified atom stereocenters. The Morgan fingerprint density at radius 3 is 2.44 bits per heavy atom. The molecule has 1 aliphatic carbocycles. The van der Waals surface area contributed by atoms with Gasteiger partial charge in [0.25, 0.3) is 0 Å². The molecule has 0 aliphatic heterocycles. The summed E-state index contributed by atoms with van der Waals surface area (Å²) in [5, 5.41) is 0. The Hall–Kier alpha value is -0.120. The van der Waals surface area contributed by atoms with Crippen LogP contribution in [-0.4, -0.2) is 43.8 Å². The second kappa shape index (κ2) is 6.58. The summed E-state index contributed by atoms with van der Waals surface area (Å²) < 4.78 is 5.63. The van der Waals surface area contributed by atoms with Crippen molar-refractivity contribution in [1.29, 1.82) is 0 Å². The molecule has 0 amide bonds. The van der Waals surface area contributed by atoms with Gasteiger partial charge in [0.05, 0.1) is 6.61 Å². The van der Waals surface area contributed by atoms with E-state index in [-0.39, 0.29) is 5.54 Å². The van der Waals surface area contributed by atoms with E-state index in [0.717, 1.165) is 45.1 Å².